The molecule has 2 unspecified atom stereocenters. The molecule has 3 N–H and O–H groups in total. The van der Waals surface area contributed by atoms with Crippen LogP contribution in [0, 0.1) is 12.8 Å². The van der Waals surface area contributed by atoms with E-state index in [0.29, 0.717) is 5.92 Å². The summed E-state index contributed by atoms with van der Waals surface area (Å²) in [4.78, 5) is 6.79. The second kappa shape index (κ2) is 4.65. The largest absolute Gasteiger partial charge is 0.397 e. The normalized spacial score (nSPS) is 21.2. The number of nitrogens with zero attached hydrogens (tertiary/aromatic N) is 2. The van der Waals surface area contributed by atoms with E-state index in [9.17, 15) is 5.11 Å². The van der Waals surface area contributed by atoms with Crippen LogP contribution in [0.15, 0.2) is 12.1 Å². The van der Waals surface area contributed by atoms with Gasteiger partial charge in [-0.1, -0.05) is 0 Å². The number of aliphatic hydroxyl groups excluding tert-OH is 1. The average molecular weight is 277 g/mol. The maximum atomic E-state index is 9.69. The zero-order valence-electron chi connectivity index (χ0n) is 11.3. The van der Waals surface area contributed by atoms with Crippen molar-refractivity contribution in [1.82, 2.24) is 4.98 Å². The van der Waals surface area contributed by atoms with Crippen LogP contribution in [-0.2, 0) is 0 Å². The Labute approximate surface area is 116 Å². The number of nitrogen functional groups attached to an aromatic ring is 1. The van der Waals surface area contributed by atoms with Crippen molar-refractivity contribution >= 4 is 32.9 Å². The van der Waals surface area contributed by atoms with Crippen LogP contribution in [-0.4, -0.2) is 29.3 Å². The summed E-state index contributed by atoms with van der Waals surface area (Å²) in [5.41, 5.74) is 9.06. The molecule has 1 saturated heterocycles. The third-order valence-electron chi connectivity index (χ3n) is 3.89. The molecule has 102 valence electrons. The molecule has 0 radical (unpaired) electrons. The lowest BCUT2D eigenvalue weighted by Gasteiger charge is -2.21. The Morgan fingerprint density at radius 1 is 1.53 bits per heavy atom. The third-order valence-corrected chi connectivity index (χ3v) is 4.83. The van der Waals surface area contributed by atoms with Crippen molar-refractivity contribution in [1.29, 1.82) is 0 Å². The number of thiazole rings is 1. The van der Waals surface area contributed by atoms with Crippen molar-refractivity contribution in [3.8, 4) is 0 Å². The number of hydrogen-bond donors (Lipinski definition) is 2. The van der Waals surface area contributed by atoms with E-state index in [1.807, 2.05) is 19.9 Å². The van der Waals surface area contributed by atoms with Crippen LogP contribution in [0.2, 0.25) is 0 Å². The van der Waals surface area contributed by atoms with Gasteiger partial charge in [0.2, 0.25) is 0 Å². The monoisotopic (exact) mass is 277 g/mol. The molecule has 0 saturated carbocycles. The molecule has 0 spiro atoms. The molecular formula is C14H19N3OS. The van der Waals surface area contributed by atoms with E-state index in [2.05, 4.69) is 16.0 Å². The SMILES string of the molecule is Cc1nc2cc(N3CCC(C(C)O)C3)c(N)cc2s1. The number of aryl methyl sites for hydroxylation is 1. The molecule has 1 aromatic heterocycles. The highest BCUT2D eigenvalue weighted by atomic mass is 32.1. The highest BCUT2D eigenvalue weighted by Gasteiger charge is 2.27. The van der Waals surface area contributed by atoms with E-state index in [0.717, 1.165) is 46.1 Å². The summed E-state index contributed by atoms with van der Waals surface area (Å²) in [6.45, 7) is 5.70. The first kappa shape index (κ1) is 12.7. The maximum Gasteiger partial charge on any atom is 0.0907 e. The lowest BCUT2D eigenvalue weighted by atomic mass is 10.0. The Balaban J connectivity index is 1.94. The second-order valence-corrected chi connectivity index (χ2v) is 6.58. The Hall–Kier alpha value is -1.33. The van der Waals surface area contributed by atoms with Crippen LogP contribution in [0.25, 0.3) is 10.2 Å². The van der Waals surface area contributed by atoms with E-state index in [1.165, 1.54) is 0 Å². The predicted octanol–water partition coefficient (Wildman–Crippen LogP) is 2.39. The fraction of sp³-hybridized carbons (Fsp3) is 0.500. The highest BCUT2D eigenvalue weighted by molar-refractivity contribution is 7.18. The molecule has 4 nitrogen and oxygen atoms in total. The Morgan fingerprint density at radius 2 is 2.32 bits per heavy atom. The number of rotatable bonds is 2. The van der Waals surface area contributed by atoms with Gasteiger partial charge >= 0.3 is 0 Å². The molecule has 1 aromatic carbocycles. The van der Waals surface area contributed by atoms with Gasteiger partial charge in [0.25, 0.3) is 0 Å². The zero-order valence-corrected chi connectivity index (χ0v) is 12.1. The minimum atomic E-state index is -0.253. The van der Waals surface area contributed by atoms with E-state index >= 15 is 0 Å². The fourth-order valence-electron chi connectivity index (χ4n) is 2.77. The summed E-state index contributed by atoms with van der Waals surface area (Å²) < 4.78 is 1.14. The smallest absolute Gasteiger partial charge is 0.0907 e. The first-order valence-corrected chi connectivity index (χ1v) is 7.46. The number of fused-ring (bicyclic) bond motifs is 1. The van der Waals surface area contributed by atoms with Gasteiger partial charge in [0, 0.05) is 19.0 Å². The summed E-state index contributed by atoms with van der Waals surface area (Å²) in [5.74, 6) is 0.340. The minimum Gasteiger partial charge on any atom is -0.397 e. The molecule has 3 rings (SSSR count). The lowest BCUT2D eigenvalue weighted by Crippen LogP contribution is -2.24. The van der Waals surface area contributed by atoms with Crippen molar-refractivity contribution in [3.05, 3.63) is 17.1 Å². The van der Waals surface area contributed by atoms with Crippen molar-refractivity contribution in [2.24, 2.45) is 5.92 Å². The Kier molecular flexibility index (Phi) is 3.11. The van der Waals surface area contributed by atoms with Gasteiger partial charge in [-0.25, -0.2) is 4.98 Å². The number of hydrogen-bond acceptors (Lipinski definition) is 5. The molecule has 2 aromatic rings. The molecule has 2 atom stereocenters. The molecule has 0 amide bonds. The van der Waals surface area contributed by atoms with Gasteiger partial charge in [-0.2, -0.15) is 0 Å². The number of aliphatic hydroxyl groups is 1. The van der Waals surface area contributed by atoms with E-state index in [1.54, 1.807) is 11.3 Å². The minimum absolute atomic E-state index is 0.253. The first-order chi connectivity index (χ1) is 9.04. The summed E-state index contributed by atoms with van der Waals surface area (Å²) in [6, 6.07) is 4.10. The zero-order chi connectivity index (χ0) is 13.6. The van der Waals surface area contributed by atoms with Crippen LogP contribution in [0.3, 0.4) is 0 Å². The molecule has 0 aliphatic carbocycles. The van der Waals surface area contributed by atoms with Gasteiger partial charge in [0.1, 0.15) is 0 Å². The standard InChI is InChI=1S/C14H19N3OS/c1-8(18)10-3-4-17(7-10)13-6-12-14(5-11(13)15)19-9(2)16-12/h5-6,8,10,18H,3-4,7,15H2,1-2H3. The van der Waals surface area contributed by atoms with Crippen molar-refractivity contribution < 1.29 is 5.11 Å². The molecule has 1 aliphatic heterocycles. The summed E-state index contributed by atoms with van der Waals surface area (Å²) in [5, 5.41) is 10.8. The Bertz CT molecular complexity index is 608. The van der Waals surface area contributed by atoms with Gasteiger partial charge in [0.15, 0.2) is 0 Å². The van der Waals surface area contributed by atoms with Crippen LogP contribution in [0.1, 0.15) is 18.4 Å². The second-order valence-electron chi connectivity index (χ2n) is 5.35. The van der Waals surface area contributed by atoms with Gasteiger partial charge in [-0.15, -0.1) is 11.3 Å². The van der Waals surface area contributed by atoms with Gasteiger partial charge in [-0.05, 0) is 32.4 Å². The van der Waals surface area contributed by atoms with E-state index in [4.69, 9.17) is 5.73 Å². The van der Waals surface area contributed by atoms with Crippen LogP contribution in [0.5, 0.6) is 0 Å². The molecular weight excluding hydrogens is 258 g/mol. The lowest BCUT2D eigenvalue weighted by molar-refractivity contribution is 0.136. The highest BCUT2D eigenvalue weighted by Crippen LogP contribution is 2.35. The summed E-state index contributed by atoms with van der Waals surface area (Å²) in [6.07, 6.45) is 0.766. The third kappa shape index (κ3) is 2.28. The topological polar surface area (TPSA) is 62.4 Å². The number of nitrogens with two attached hydrogens (primary N) is 1. The average Bonchev–Trinajstić information content (AvgIpc) is 2.92. The summed E-state index contributed by atoms with van der Waals surface area (Å²) in [7, 11) is 0. The maximum absolute atomic E-state index is 9.69. The van der Waals surface area contributed by atoms with E-state index in [-0.39, 0.29) is 6.10 Å². The number of aromatic nitrogens is 1. The predicted molar refractivity (Wildman–Crippen MR) is 80.8 cm³/mol. The molecule has 5 heteroatoms. The molecule has 1 fully saturated rings. The van der Waals surface area contributed by atoms with Gasteiger partial charge in [-0.3, -0.25) is 0 Å². The van der Waals surface area contributed by atoms with Crippen molar-refractivity contribution in [3.63, 3.8) is 0 Å². The number of anilines is 2. The first-order valence-electron chi connectivity index (χ1n) is 6.64. The quantitative estimate of drug-likeness (QED) is 0.827. The van der Waals surface area contributed by atoms with E-state index < -0.39 is 0 Å². The molecule has 2 heterocycles. The van der Waals surface area contributed by atoms with Gasteiger partial charge < -0.3 is 15.7 Å². The van der Waals surface area contributed by atoms with Crippen molar-refractivity contribution in [2.75, 3.05) is 23.7 Å². The van der Waals surface area contributed by atoms with Crippen LogP contribution in [0.4, 0.5) is 11.4 Å². The van der Waals surface area contributed by atoms with Gasteiger partial charge in [0.05, 0.1) is 32.7 Å². The van der Waals surface area contributed by atoms with Crippen LogP contribution < -0.4 is 10.6 Å². The molecule has 0 bridgehead atoms. The Morgan fingerprint density at radius 3 is 3.00 bits per heavy atom. The number of benzene rings is 1. The van der Waals surface area contributed by atoms with Crippen LogP contribution >= 0.6 is 11.3 Å². The summed E-state index contributed by atoms with van der Waals surface area (Å²) >= 11 is 1.67. The molecule has 19 heavy (non-hydrogen) atoms. The molecule has 1 aliphatic rings. The van der Waals surface area contributed by atoms with Crippen molar-refractivity contribution in [2.45, 2.75) is 26.4 Å². The fourth-order valence-corrected chi connectivity index (χ4v) is 3.62.